The molecule has 0 radical (unpaired) electrons. The van der Waals surface area contributed by atoms with Gasteiger partial charge in [0.1, 0.15) is 25.4 Å². The minimum atomic E-state index is -0.367. The molecule has 0 rings (SSSR count). The van der Waals surface area contributed by atoms with Crippen LogP contribution in [-0.4, -0.2) is 49.3 Å². The Hall–Kier alpha value is -2.12. The van der Waals surface area contributed by atoms with Gasteiger partial charge in [-0.1, -0.05) is 387 Å². The van der Waals surface area contributed by atoms with Crippen LogP contribution in [0, 0.1) is 0 Å². The fourth-order valence-electron chi connectivity index (χ4n) is 11.8. The molecule has 0 aromatic carbocycles. The van der Waals surface area contributed by atoms with Crippen molar-refractivity contribution in [2.75, 3.05) is 13.2 Å². The maximum Gasteiger partial charge on any atom is 0.306 e. The van der Waals surface area contributed by atoms with E-state index in [1.54, 1.807) is 0 Å². The smallest absolute Gasteiger partial charge is 0.306 e. The second kappa shape index (κ2) is 75.3. The van der Waals surface area contributed by atoms with Crippen LogP contribution in [0.4, 0.5) is 0 Å². The van der Waals surface area contributed by atoms with Gasteiger partial charge in [0.05, 0.1) is 0 Å². The van der Waals surface area contributed by atoms with E-state index in [2.05, 4.69) is 27.7 Å². The van der Waals surface area contributed by atoms with Crippen LogP contribution in [0.15, 0.2) is 0 Å². The van der Waals surface area contributed by atoms with Crippen molar-refractivity contribution in [1.29, 1.82) is 0 Å². The van der Waals surface area contributed by atoms with Gasteiger partial charge < -0.3 is 18.9 Å². The molecule has 0 aromatic rings. The summed E-state index contributed by atoms with van der Waals surface area (Å²) < 4.78 is 21.5. The van der Waals surface area contributed by atoms with Gasteiger partial charge in [0.25, 0.3) is 0 Å². The molecule has 0 aliphatic heterocycles. The monoisotopic (exact) mass is 1220 g/mol. The predicted octanol–water partition coefficient (Wildman–Crippen LogP) is 26.0. The topological polar surface area (TPSA) is 105 Å². The van der Waals surface area contributed by atoms with Crippen molar-refractivity contribution in [3.05, 3.63) is 0 Å². The molecule has 8 heteroatoms. The maximum absolute atomic E-state index is 12.1. The largest absolute Gasteiger partial charge is 0.462 e. The lowest BCUT2D eigenvalue weighted by atomic mass is 10.0. The molecule has 0 amide bonds. The van der Waals surface area contributed by atoms with Crippen molar-refractivity contribution in [2.45, 2.75) is 465 Å². The van der Waals surface area contributed by atoms with Gasteiger partial charge in [-0.3, -0.25) is 19.2 Å². The summed E-state index contributed by atoms with van der Waals surface area (Å²) in [5, 5.41) is 0. The number of carbonyl (C=O) groups excluding carboxylic acids is 4. The first kappa shape index (κ1) is 85.9. The number of rotatable bonds is 70. The maximum atomic E-state index is 12.1. The highest BCUT2D eigenvalue weighted by Crippen LogP contribution is 2.19. The number of ether oxygens (including phenoxy) is 4. The minimum Gasteiger partial charge on any atom is -0.462 e. The third-order valence-corrected chi connectivity index (χ3v) is 17.6. The van der Waals surface area contributed by atoms with Gasteiger partial charge in [-0.05, 0) is 39.5 Å². The quantitative estimate of drug-likeness (QED) is 0.0337. The zero-order valence-corrected chi connectivity index (χ0v) is 59.1. The summed E-state index contributed by atoms with van der Waals surface area (Å²) in [5.74, 6) is -0.665. The van der Waals surface area contributed by atoms with Gasteiger partial charge in [0.2, 0.25) is 0 Å². The number of hydrogen-bond acceptors (Lipinski definition) is 8. The van der Waals surface area contributed by atoms with E-state index in [-0.39, 0.29) is 49.3 Å². The normalized spacial score (nSPS) is 12.0. The molecular weight excluding hydrogens is 1060 g/mol. The van der Waals surface area contributed by atoms with Crippen LogP contribution in [-0.2, 0) is 38.1 Å². The highest BCUT2D eigenvalue weighted by Gasteiger charge is 2.14. The van der Waals surface area contributed by atoms with Crippen molar-refractivity contribution >= 4 is 23.9 Å². The summed E-state index contributed by atoms with van der Waals surface area (Å²) in [6.45, 7) is 13.1. The number of hydrogen-bond donors (Lipinski definition) is 0. The lowest BCUT2D eigenvalue weighted by Gasteiger charge is -2.13. The Bertz CT molecular complexity index is 1250. The second-order valence-corrected chi connectivity index (χ2v) is 26.8. The van der Waals surface area contributed by atoms with Gasteiger partial charge in [0.15, 0.2) is 0 Å². The molecule has 0 N–H and O–H groups in total. The molecule has 8 nitrogen and oxygen atoms in total. The molecule has 0 bridgehead atoms. The molecule has 0 saturated carbocycles. The van der Waals surface area contributed by atoms with Crippen molar-refractivity contribution in [2.24, 2.45) is 0 Å². The molecule has 0 aliphatic rings. The van der Waals surface area contributed by atoms with E-state index in [0.717, 1.165) is 51.4 Å². The van der Waals surface area contributed by atoms with Gasteiger partial charge in [-0.2, -0.15) is 0 Å². The number of carbonyl (C=O) groups is 4. The lowest BCUT2D eigenvalue weighted by Crippen LogP contribution is -2.22. The third-order valence-electron chi connectivity index (χ3n) is 17.6. The molecule has 0 heterocycles. The standard InChI is InChI=1S/2C39H76O4/c2*1-4-6-8-10-12-14-16-18-20-22-24-26-28-30-32-34-38(40)42-36-37(3)43-39(41)35-33-31-29-27-25-23-21-19-17-15-13-11-9-7-5-2/h2*37H,4-36H2,1-3H3. The second-order valence-electron chi connectivity index (χ2n) is 26.8. The Morgan fingerprint density at radius 3 is 0.477 bits per heavy atom. The molecule has 0 saturated heterocycles. The number of unbranched alkanes of at least 4 members (excludes halogenated alkanes) is 56. The highest BCUT2D eigenvalue weighted by atomic mass is 16.6. The molecular formula is C78H152O8. The predicted molar refractivity (Wildman–Crippen MR) is 371 cm³/mol. The first-order valence-corrected chi connectivity index (χ1v) is 38.9. The van der Waals surface area contributed by atoms with E-state index in [4.69, 9.17) is 18.9 Å². The SMILES string of the molecule is CCCCCCCCCCCCCCCCCC(=O)OCC(C)OC(=O)CCCCCCCCCCCCCCCCC.CCCCCCCCCCCCCCCCCC(=O)OCC(C)OC(=O)CCCCCCCCCCCCCCCCC. The van der Waals surface area contributed by atoms with Crippen LogP contribution >= 0.6 is 0 Å². The van der Waals surface area contributed by atoms with Crippen LogP contribution in [0.3, 0.4) is 0 Å². The van der Waals surface area contributed by atoms with Crippen LogP contribution < -0.4 is 0 Å². The Morgan fingerprint density at radius 2 is 0.326 bits per heavy atom. The Labute approximate surface area is 537 Å². The fraction of sp³-hybridized carbons (Fsp3) is 0.949. The molecule has 86 heavy (non-hydrogen) atoms. The van der Waals surface area contributed by atoms with Gasteiger partial charge >= 0.3 is 23.9 Å². The summed E-state index contributed by atoms with van der Waals surface area (Å²) in [7, 11) is 0. The van der Waals surface area contributed by atoms with Crippen LogP contribution in [0.5, 0.6) is 0 Å². The lowest BCUT2D eigenvalue weighted by molar-refractivity contribution is -0.158. The molecule has 2 unspecified atom stereocenters. The average molecular weight is 1220 g/mol. The van der Waals surface area contributed by atoms with Crippen LogP contribution in [0.2, 0.25) is 0 Å². The van der Waals surface area contributed by atoms with Gasteiger partial charge in [-0.15, -0.1) is 0 Å². The Kier molecular flexibility index (Phi) is 75.3. The van der Waals surface area contributed by atoms with E-state index in [1.165, 1.54) is 334 Å². The van der Waals surface area contributed by atoms with E-state index in [0.29, 0.717) is 25.7 Å². The molecule has 0 fully saturated rings. The van der Waals surface area contributed by atoms with Crippen molar-refractivity contribution in [3.63, 3.8) is 0 Å². The first-order chi connectivity index (χ1) is 42.2. The summed E-state index contributed by atoms with van der Waals surface area (Å²) >= 11 is 0. The van der Waals surface area contributed by atoms with E-state index >= 15 is 0 Å². The first-order valence-electron chi connectivity index (χ1n) is 38.9. The molecule has 512 valence electrons. The number of esters is 4. The molecule has 0 aromatic heterocycles. The average Bonchev–Trinajstić information content (AvgIpc) is 3.51. The van der Waals surface area contributed by atoms with Crippen molar-refractivity contribution in [3.8, 4) is 0 Å². The van der Waals surface area contributed by atoms with E-state index in [1.807, 2.05) is 13.8 Å². The molecule has 0 aliphatic carbocycles. The van der Waals surface area contributed by atoms with Crippen molar-refractivity contribution in [1.82, 2.24) is 0 Å². The third kappa shape index (κ3) is 76.1. The molecule has 2 atom stereocenters. The van der Waals surface area contributed by atoms with Crippen LogP contribution in [0.25, 0.3) is 0 Å². The van der Waals surface area contributed by atoms with E-state index < -0.39 is 0 Å². The summed E-state index contributed by atoms with van der Waals surface area (Å²) in [4.78, 5) is 48.3. The fourth-order valence-corrected chi connectivity index (χ4v) is 11.8. The zero-order chi connectivity index (χ0) is 63.0. The summed E-state index contributed by atoms with van der Waals surface area (Å²) in [6, 6.07) is 0. The highest BCUT2D eigenvalue weighted by molar-refractivity contribution is 5.71. The molecule has 0 spiro atoms. The van der Waals surface area contributed by atoms with Gasteiger partial charge in [-0.25, -0.2) is 0 Å². The van der Waals surface area contributed by atoms with E-state index in [9.17, 15) is 19.2 Å². The minimum absolute atomic E-state index is 0.166. The van der Waals surface area contributed by atoms with Gasteiger partial charge in [0, 0.05) is 25.7 Å². The van der Waals surface area contributed by atoms with Crippen molar-refractivity contribution < 1.29 is 38.1 Å². The summed E-state index contributed by atoms with van der Waals surface area (Å²) in [6.07, 6.45) is 80.1. The zero-order valence-electron chi connectivity index (χ0n) is 59.1. The summed E-state index contributed by atoms with van der Waals surface area (Å²) in [5.41, 5.74) is 0. The van der Waals surface area contributed by atoms with Crippen LogP contribution in [0.1, 0.15) is 452 Å². The Morgan fingerprint density at radius 1 is 0.198 bits per heavy atom. The Balaban J connectivity index is 0.